The summed E-state index contributed by atoms with van der Waals surface area (Å²) in [6.45, 7) is 3.91. The van der Waals surface area contributed by atoms with Gasteiger partial charge in [-0.2, -0.15) is 0 Å². The van der Waals surface area contributed by atoms with Gasteiger partial charge in [0.05, 0.1) is 12.2 Å². The van der Waals surface area contributed by atoms with Gasteiger partial charge in [0.15, 0.2) is 0 Å². The van der Waals surface area contributed by atoms with E-state index in [1.807, 2.05) is 19.9 Å². The van der Waals surface area contributed by atoms with Crippen molar-refractivity contribution in [3.8, 4) is 0 Å². The first-order valence-corrected chi connectivity index (χ1v) is 4.35. The lowest BCUT2D eigenvalue weighted by Crippen LogP contribution is -2.26. The van der Waals surface area contributed by atoms with Crippen molar-refractivity contribution in [3.63, 3.8) is 0 Å². The standard InChI is InChI=1S/C10H14FN3/c1-7(2)3-10(14-12)8-4-9(11)6-13-5-8/h3-6,10,14H,12H2,1-2H3. The number of hydrazine groups is 1. The summed E-state index contributed by atoms with van der Waals surface area (Å²) >= 11 is 0. The number of halogens is 1. The number of aromatic nitrogens is 1. The molecule has 0 aliphatic heterocycles. The molecule has 0 saturated heterocycles. The molecular formula is C10H14FN3. The van der Waals surface area contributed by atoms with E-state index in [9.17, 15) is 4.39 Å². The van der Waals surface area contributed by atoms with Crippen molar-refractivity contribution in [2.24, 2.45) is 5.84 Å². The number of hydrogen-bond donors (Lipinski definition) is 2. The molecule has 0 saturated carbocycles. The molecule has 1 aromatic heterocycles. The van der Waals surface area contributed by atoms with E-state index in [1.165, 1.54) is 12.3 Å². The summed E-state index contributed by atoms with van der Waals surface area (Å²) in [6.07, 6.45) is 4.67. The van der Waals surface area contributed by atoms with E-state index in [2.05, 4.69) is 10.4 Å². The Hall–Kier alpha value is -1.26. The van der Waals surface area contributed by atoms with Crippen LogP contribution in [0, 0.1) is 5.82 Å². The van der Waals surface area contributed by atoms with Gasteiger partial charge in [-0.1, -0.05) is 11.6 Å². The maximum absolute atomic E-state index is 12.8. The van der Waals surface area contributed by atoms with Crippen molar-refractivity contribution in [1.29, 1.82) is 0 Å². The SMILES string of the molecule is CC(C)=CC(NN)c1cncc(F)c1. The van der Waals surface area contributed by atoms with E-state index >= 15 is 0 Å². The Labute approximate surface area is 82.8 Å². The lowest BCUT2D eigenvalue weighted by Gasteiger charge is -2.11. The van der Waals surface area contributed by atoms with Gasteiger partial charge < -0.3 is 0 Å². The number of allylic oxidation sites excluding steroid dienone is 1. The predicted molar refractivity (Wildman–Crippen MR) is 53.7 cm³/mol. The molecule has 0 amide bonds. The van der Waals surface area contributed by atoms with Crippen molar-refractivity contribution < 1.29 is 4.39 Å². The van der Waals surface area contributed by atoms with Crippen molar-refractivity contribution in [2.75, 3.05) is 0 Å². The second-order valence-corrected chi connectivity index (χ2v) is 3.32. The Kier molecular flexibility index (Phi) is 3.73. The fraction of sp³-hybridized carbons (Fsp3) is 0.300. The molecule has 4 heteroatoms. The van der Waals surface area contributed by atoms with E-state index < -0.39 is 0 Å². The van der Waals surface area contributed by atoms with Crippen molar-refractivity contribution in [2.45, 2.75) is 19.9 Å². The molecular weight excluding hydrogens is 181 g/mol. The molecule has 76 valence electrons. The van der Waals surface area contributed by atoms with Crippen LogP contribution < -0.4 is 11.3 Å². The monoisotopic (exact) mass is 195 g/mol. The van der Waals surface area contributed by atoms with E-state index in [-0.39, 0.29) is 11.9 Å². The largest absolute Gasteiger partial charge is 0.271 e. The maximum atomic E-state index is 12.8. The highest BCUT2D eigenvalue weighted by atomic mass is 19.1. The molecule has 14 heavy (non-hydrogen) atoms. The van der Waals surface area contributed by atoms with Crippen LogP contribution >= 0.6 is 0 Å². The average molecular weight is 195 g/mol. The number of nitrogens with two attached hydrogens (primary N) is 1. The van der Waals surface area contributed by atoms with E-state index in [1.54, 1.807) is 6.20 Å². The van der Waals surface area contributed by atoms with Gasteiger partial charge in [-0.3, -0.25) is 10.8 Å². The molecule has 0 bridgehead atoms. The average Bonchev–Trinajstić information content (AvgIpc) is 2.14. The van der Waals surface area contributed by atoms with Crippen LogP contribution in [0.5, 0.6) is 0 Å². The Morgan fingerprint density at radius 1 is 1.57 bits per heavy atom. The molecule has 0 spiro atoms. The van der Waals surface area contributed by atoms with Gasteiger partial charge in [-0.25, -0.2) is 9.82 Å². The van der Waals surface area contributed by atoms with Gasteiger partial charge in [-0.15, -0.1) is 0 Å². The molecule has 1 rings (SSSR count). The first-order valence-electron chi connectivity index (χ1n) is 4.35. The number of nitrogens with one attached hydrogen (secondary N) is 1. The molecule has 1 heterocycles. The lowest BCUT2D eigenvalue weighted by atomic mass is 10.1. The Morgan fingerprint density at radius 2 is 2.29 bits per heavy atom. The zero-order valence-corrected chi connectivity index (χ0v) is 8.29. The van der Waals surface area contributed by atoms with Crippen LogP contribution in [0.3, 0.4) is 0 Å². The summed E-state index contributed by atoms with van der Waals surface area (Å²) in [5, 5.41) is 0. The van der Waals surface area contributed by atoms with Crippen LogP contribution in [-0.4, -0.2) is 4.98 Å². The third-order valence-corrected chi connectivity index (χ3v) is 1.76. The van der Waals surface area contributed by atoms with Crippen LogP contribution in [-0.2, 0) is 0 Å². The molecule has 3 nitrogen and oxygen atoms in total. The minimum atomic E-state index is -0.357. The minimum absolute atomic E-state index is 0.191. The fourth-order valence-electron chi connectivity index (χ4n) is 1.17. The third kappa shape index (κ3) is 2.90. The molecule has 1 aromatic rings. The van der Waals surface area contributed by atoms with Crippen LogP contribution in [0.15, 0.2) is 30.1 Å². The van der Waals surface area contributed by atoms with Gasteiger partial charge in [0.25, 0.3) is 0 Å². The molecule has 0 aliphatic carbocycles. The molecule has 0 radical (unpaired) electrons. The Bertz CT molecular complexity index is 332. The molecule has 0 fully saturated rings. The summed E-state index contributed by atoms with van der Waals surface area (Å²) < 4.78 is 12.8. The van der Waals surface area contributed by atoms with Crippen LogP contribution in [0.2, 0.25) is 0 Å². The lowest BCUT2D eigenvalue weighted by molar-refractivity contribution is 0.602. The predicted octanol–water partition coefficient (Wildman–Crippen LogP) is 1.69. The number of hydrogen-bond acceptors (Lipinski definition) is 3. The highest BCUT2D eigenvalue weighted by Crippen LogP contribution is 2.14. The van der Waals surface area contributed by atoms with Gasteiger partial charge in [-0.05, 0) is 25.5 Å². The first-order chi connectivity index (χ1) is 6.63. The van der Waals surface area contributed by atoms with Crippen molar-refractivity contribution in [1.82, 2.24) is 10.4 Å². The zero-order chi connectivity index (χ0) is 10.6. The minimum Gasteiger partial charge on any atom is -0.271 e. The topological polar surface area (TPSA) is 50.9 Å². The highest BCUT2D eigenvalue weighted by Gasteiger charge is 2.07. The third-order valence-electron chi connectivity index (χ3n) is 1.76. The zero-order valence-electron chi connectivity index (χ0n) is 8.29. The van der Waals surface area contributed by atoms with Gasteiger partial charge in [0.2, 0.25) is 0 Å². The van der Waals surface area contributed by atoms with E-state index in [0.717, 1.165) is 5.57 Å². The normalized spacial score (nSPS) is 12.3. The molecule has 1 unspecified atom stereocenters. The second-order valence-electron chi connectivity index (χ2n) is 3.32. The maximum Gasteiger partial charge on any atom is 0.141 e. The van der Waals surface area contributed by atoms with Crippen molar-refractivity contribution >= 4 is 0 Å². The highest BCUT2D eigenvalue weighted by molar-refractivity contribution is 5.21. The van der Waals surface area contributed by atoms with Gasteiger partial charge >= 0.3 is 0 Å². The van der Waals surface area contributed by atoms with E-state index in [0.29, 0.717) is 5.56 Å². The summed E-state index contributed by atoms with van der Waals surface area (Å²) in [6, 6.07) is 1.22. The number of pyridine rings is 1. The first kappa shape index (κ1) is 10.8. The summed E-state index contributed by atoms with van der Waals surface area (Å²) in [4.78, 5) is 3.76. The quantitative estimate of drug-likeness (QED) is 0.438. The smallest absolute Gasteiger partial charge is 0.141 e. The van der Waals surface area contributed by atoms with E-state index in [4.69, 9.17) is 5.84 Å². The Balaban J connectivity index is 2.95. The summed E-state index contributed by atoms with van der Waals surface area (Å²) in [5.74, 6) is 5.00. The van der Waals surface area contributed by atoms with Gasteiger partial charge in [0, 0.05) is 6.20 Å². The van der Waals surface area contributed by atoms with Crippen LogP contribution in [0.25, 0.3) is 0 Å². The van der Waals surface area contributed by atoms with Crippen LogP contribution in [0.1, 0.15) is 25.5 Å². The van der Waals surface area contributed by atoms with Gasteiger partial charge in [0.1, 0.15) is 5.82 Å². The Morgan fingerprint density at radius 3 is 2.79 bits per heavy atom. The molecule has 1 atom stereocenters. The summed E-state index contributed by atoms with van der Waals surface area (Å²) in [5.41, 5.74) is 4.42. The molecule has 0 aliphatic rings. The van der Waals surface area contributed by atoms with Crippen LogP contribution in [0.4, 0.5) is 4.39 Å². The molecule has 3 N–H and O–H groups in total. The second kappa shape index (κ2) is 4.83. The number of nitrogens with zero attached hydrogens (tertiary/aromatic N) is 1. The number of rotatable bonds is 3. The molecule has 0 aromatic carbocycles. The van der Waals surface area contributed by atoms with Crippen molar-refractivity contribution in [3.05, 3.63) is 41.5 Å². The summed E-state index contributed by atoms with van der Waals surface area (Å²) in [7, 11) is 0. The fourth-order valence-corrected chi connectivity index (χ4v) is 1.17.